The van der Waals surface area contributed by atoms with Crippen molar-refractivity contribution in [3.63, 3.8) is 0 Å². The highest BCUT2D eigenvalue weighted by molar-refractivity contribution is 5.94. The van der Waals surface area contributed by atoms with E-state index in [9.17, 15) is 4.79 Å². The van der Waals surface area contributed by atoms with E-state index in [-0.39, 0.29) is 5.91 Å². The third-order valence-electron chi connectivity index (χ3n) is 5.29. The molecule has 1 fully saturated rings. The summed E-state index contributed by atoms with van der Waals surface area (Å²) in [6.07, 6.45) is 9.39. The molecule has 6 heteroatoms. The maximum atomic E-state index is 12.8. The number of pyridine rings is 1. The van der Waals surface area contributed by atoms with Gasteiger partial charge in [-0.3, -0.25) is 9.78 Å². The summed E-state index contributed by atoms with van der Waals surface area (Å²) >= 11 is 0. The number of carbonyl (C=O) groups excluding carboxylic acids is 1. The molecule has 3 heterocycles. The summed E-state index contributed by atoms with van der Waals surface area (Å²) in [5.41, 5.74) is 1.84. The molecule has 0 bridgehead atoms. The summed E-state index contributed by atoms with van der Waals surface area (Å²) in [6, 6.07) is 11.4. The SMILES string of the molecule is COc1cccc(C(=O)N2CCC(c3nccn3Cc3cccnc3)CC2)c1. The molecular weight excluding hydrogens is 352 g/mol. The largest absolute Gasteiger partial charge is 0.497 e. The minimum absolute atomic E-state index is 0.0658. The molecule has 0 N–H and O–H groups in total. The average Bonchev–Trinajstić information content (AvgIpc) is 3.22. The Bertz CT molecular complexity index is 930. The summed E-state index contributed by atoms with van der Waals surface area (Å²) in [5.74, 6) is 2.23. The number of rotatable bonds is 5. The second kappa shape index (κ2) is 8.25. The Morgan fingerprint density at radius 2 is 2.04 bits per heavy atom. The molecule has 1 saturated heterocycles. The van der Waals surface area contributed by atoms with Gasteiger partial charge >= 0.3 is 0 Å². The van der Waals surface area contributed by atoms with Gasteiger partial charge in [0.2, 0.25) is 0 Å². The van der Waals surface area contributed by atoms with Crippen molar-refractivity contribution in [3.8, 4) is 5.75 Å². The molecule has 1 aromatic carbocycles. The monoisotopic (exact) mass is 376 g/mol. The highest BCUT2D eigenvalue weighted by Crippen LogP contribution is 2.28. The molecule has 0 radical (unpaired) electrons. The number of carbonyl (C=O) groups is 1. The molecule has 1 amide bonds. The second-order valence-electron chi connectivity index (χ2n) is 7.07. The van der Waals surface area contributed by atoms with Gasteiger partial charge in [-0.2, -0.15) is 0 Å². The number of benzene rings is 1. The smallest absolute Gasteiger partial charge is 0.253 e. The second-order valence-corrected chi connectivity index (χ2v) is 7.07. The van der Waals surface area contributed by atoms with Crippen LogP contribution in [0.2, 0.25) is 0 Å². The Morgan fingerprint density at radius 3 is 2.79 bits per heavy atom. The van der Waals surface area contributed by atoms with Gasteiger partial charge in [-0.25, -0.2) is 4.98 Å². The maximum absolute atomic E-state index is 12.8. The molecule has 6 nitrogen and oxygen atoms in total. The zero-order valence-electron chi connectivity index (χ0n) is 16.0. The van der Waals surface area contributed by atoms with Crippen molar-refractivity contribution in [2.45, 2.75) is 25.3 Å². The first-order chi connectivity index (χ1) is 13.7. The number of nitrogens with zero attached hydrogens (tertiary/aromatic N) is 4. The molecule has 144 valence electrons. The molecule has 0 saturated carbocycles. The van der Waals surface area contributed by atoms with Crippen LogP contribution in [0.4, 0.5) is 0 Å². The van der Waals surface area contributed by atoms with Crippen LogP contribution >= 0.6 is 0 Å². The fourth-order valence-electron chi connectivity index (χ4n) is 3.78. The molecule has 0 unspecified atom stereocenters. The lowest BCUT2D eigenvalue weighted by Crippen LogP contribution is -2.38. The fraction of sp³-hybridized carbons (Fsp3) is 0.318. The van der Waals surface area contributed by atoms with Gasteiger partial charge in [0, 0.05) is 49.4 Å². The van der Waals surface area contributed by atoms with E-state index >= 15 is 0 Å². The summed E-state index contributed by atoms with van der Waals surface area (Å²) in [4.78, 5) is 23.5. The van der Waals surface area contributed by atoms with Crippen LogP contribution in [0, 0.1) is 0 Å². The Balaban J connectivity index is 1.41. The lowest BCUT2D eigenvalue weighted by atomic mass is 9.95. The molecule has 0 aliphatic carbocycles. The number of hydrogen-bond donors (Lipinski definition) is 0. The average molecular weight is 376 g/mol. The third kappa shape index (κ3) is 3.91. The van der Waals surface area contributed by atoms with Crippen molar-refractivity contribution in [1.82, 2.24) is 19.4 Å². The fourth-order valence-corrected chi connectivity index (χ4v) is 3.78. The first-order valence-corrected chi connectivity index (χ1v) is 9.58. The molecular formula is C22H24N4O2. The summed E-state index contributed by atoms with van der Waals surface area (Å²) in [5, 5.41) is 0. The van der Waals surface area contributed by atoms with Crippen molar-refractivity contribution < 1.29 is 9.53 Å². The number of piperidine rings is 1. The van der Waals surface area contributed by atoms with Crippen LogP contribution in [0.25, 0.3) is 0 Å². The Labute approximate surface area is 164 Å². The van der Waals surface area contributed by atoms with E-state index in [1.54, 1.807) is 19.4 Å². The summed E-state index contributed by atoms with van der Waals surface area (Å²) < 4.78 is 7.43. The lowest BCUT2D eigenvalue weighted by Gasteiger charge is -2.32. The summed E-state index contributed by atoms with van der Waals surface area (Å²) in [7, 11) is 1.61. The van der Waals surface area contributed by atoms with E-state index in [1.807, 2.05) is 47.8 Å². The Hall–Kier alpha value is -3.15. The maximum Gasteiger partial charge on any atom is 0.253 e. The lowest BCUT2D eigenvalue weighted by molar-refractivity contribution is 0.0710. The first-order valence-electron chi connectivity index (χ1n) is 9.58. The number of amides is 1. The normalized spacial score (nSPS) is 14.8. The van der Waals surface area contributed by atoms with Crippen molar-refractivity contribution in [2.24, 2.45) is 0 Å². The van der Waals surface area contributed by atoms with Crippen molar-refractivity contribution in [1.29, 1.82) is 0 Å². The molecule has 1 aliphatic rings. The van der Waals surface area contributed by atoms with Crippen LogP contribution in [0.15, 0.2) is 61.2 Å². The third-order valence-corrected chi connectivity index (χ3v) is 5.29. The molecule has 4 rings (SSSR count). The zero-order valence-corrected chi connectivity index (χ0v) is 16.0. The van der Waals surface area contributed by atoms with Crippen LogP contribution in [-0.2, 0) is 6.54 Å². The topological polar surface area (TPSA) is 60.2 Å². The van der Waals surface area contributed by atoms with Gasteiger partial charge in [-0.1, -0.05) is 12.1 Å². The molecule has 0 atom stereocenters. The molecule has 3 aromatic rings. The van der Waals surface area contributed by atoms with Crippen LogP contribution in [0.1, 0.15) is 40.5 Å². The molecule has 1 aliphatic heterocycles. The highest BCUT2D eigenvalue weighted by atomic mass is 16.5. The van der Waals surface area contributed by atoms with Gasteiger partial charge in [0.1, 0.15) is 11.6 Å². The van der Waals surface area contributed by atoms with E-state index < -0.39 is 0 Å². The van der Waals surface area contributed by atoms with Gasteiger partial charge in [-0.05, 0) is 42.7 Å². The Morgan fingerprint density at radius 1 is 1.18 bits per heavy atom. The number of likely N-dealkylation sites (tertiary alicyclic amines) is 1. The number of imidazole rings is 1. The van der Waals surface area contributed by atoms with E-state index in [4.69, 9.17) is 4.74 Å². The highest BCUT2D eigenvalue weighted by Gasteiger charge is 2.27. The number of methoxy groups -OCH3 is 1. The van der Waals surface area contributed by atoms with Crippen LogP contribution in [0.3, 0.4) is 0 Å². The quantitative estimate of drug-likeness (QED) is 0.685. The number of hydrogen-bond acceptors (Lipinski definition) is 4. The van der Waals surface area contributed by atoms with Crippen LogP contribution in [0.5, 0.6) is 5.75 Å². The van der Waals surface area contributed by atoms with Gasteiger partial charge in [0.15, 0.2) is 0 Å². The van der Waals surface area contributed by atoms with E-state index in [1.165, 1.54) is 0 Å². The van der Waals surface area contributed by atoms with Gasteiger partial charge in [-0.15, -0.1) is 0 Å². The molecule has 28 heavy (non-hydrogen) atoms. The van der Waals surface area contributed by atoms with Crippen molar-refractivity contribution in [3.05, 3.63) is 78.1 Å². The minimum atomic E-state index is 0.0658. The standard InChI is InChI=1S/C22H24N4O2/c1-28-20-6-2-5-19(14-20)22(27)25-11-7-18(8-12-25)21-24-10-13-26(21)16-17-4-3-9-23-15-17/h2-6,9-10,13-15,18H,7-8,11-12,16H2,1H3. The van der Waals surface area contributed by atoms with E-state index in [0.29, 0.717) is 17.2 Å². The zero-order chi connectivity index (χ0) is 19.3. The number of ether oxygens (including phenoxy) is 1. The van der Waals surface area contributed by atoms with Crippen molar-refractivity contribution >= 4 is 5.91 Å². The molecule has 2 aromatic heterocycles. The van der Waals surface area contributed by atoms with Gasteiger partial charge in [0.05, 0.1) is 13.7 Å². The van der Waals surface area contributed by atoms with E-state index in [0.717, 1.165) is 43.9 Å². The summed E-state index contributed by atoms with van der Waals surface area (Å²) in [6.45, 7) is 2.24. The molecule has 0 spiro atoms. The van der Waals surface area contributed by atoms with Gasteiger partial charge in [0.25, 0.3) is 5.91 Å². The predicted molar refractivity (Wildman–Crippen MR) is 106 cm³/mol. The predicted octanol–water partition coefficient (Wildman–Crippen LogP) is 3.35. The minimum Gasteiger partial charge on any atom is -0.497 e. The van der Waals surface area contributed by atoms with Crippen LogP contribution < -0.4 is 4.74 Å². The van der Waals surface area contributed by atoms with Gasteiger partial charge < -0.3 is 14.2 Å². The Kier molecular flexibility index (Phi) is 5.37. The first kappa shape index (κ1) is 18.2. The van der Waals surface area contributed by atoms with Crippen molar-refractivity contribution in [2.75, 3.05) is 20.2 Å². The van der Waals surface area contributed by atoms with Crippen LogP contribution in [-0.4, -0.2) is 45.5 Å². The van der Waals surface area contributed by atoms with E-state index in [2.05, 4.69) is 20.6 Å². The number of aromatic nitrogens is 3.